The molecule has 56 valence electrons. The summed E-state index contributed by atoms with van der Waals surface area (Å²) in [5.74, 6) is 0.290. The largest absolute Gasteiger partial charge is 0.507 e. The lowest BCUT2D eigenvalue weighted by atomic mass is 10.1. The minimum atomic E-state index is 0.290. The van der Waals surface area contributed by atoms with Crippen molar-refractivity contribution < 1.29 is 5.11 Å². The van der Waals surface area contributed by atoms with Gasteiger partial charge in [0, 0.05) is 0 Å². The molecule has 0 spiro atoms. The fraction of sp³-hybridized carbons (Fsp3) is 0.333. The molecule has 1 N–H and O–H groups in total. The minimum absolute atomic E-state index is 0.290. The van der Waals surface area contributed by atoms with Crippen LogP contribution in [0.4, 0.5) is 0 Å². The van der Waals surface area contributed by atoms with Crippen molar-refractivity contribution in [2.24, 2.45) is 0 Å². The van der Waals surface area contributed by atoms with Crippen LogP contribution in [-0.4, -0.2) is 5.11 Å². The highest BCUT2D eigenvalue weighted by Gasteiger charge is 1.95. The van der Waals surface area contributed by atoms with Gasteiger partial charge in [-0.2, -0.15) is 0 Å². The first kappa shape index (κ1) is 9.02. The Bertz CT molecular complexity index is 185. The lowest BCUT2D eigenvalue weighted by molar-refractivity contribution is 0.419. The van der Waals surface area contributed by atoms with Crippen molar-refractivity contribution in [2.75, 3.05) is 0 Å². The Morgan fingerprint density at radius 3 is 2.20 bits per heavy atom. The predicted octanol–water partition coefficient (Wildman–Crippen LogP) is 2.97. The fourth-order valence-corrected chi connectivity index (χ4v) is 0.666. The molecular formula is C9H14O. The summed E-state index contributed by atoms with van der Waals surface area (Å²) in [6.45, 7) is 9.16. The van der Waals surface area contributed by atoms with Crippen molar-refractivity contribution >= 4 is 0 Å². The summed E-state index contributed by atoms with van der Waals surface area (Å²) in [5, 5.41) is 9.25. The van der Waals surface area contributed by atoms with Gasteiger partial charge in [-0.15, -0.1) is 0 Å². The van der Waals surface area contributed by atoms with Crippen LogP contribution in [0.1, 0.15) is 20.8 Å². The molecule has 0 saturated heterocycles. The number of aliphatic hydroxyl groups is 1. The number of rotatable bonds is 2. The van der Waals surface area contributed by atoms with Gasteiger partial charge in [-0.3, -0.25) is 0 Å². The monoisotopic (exact) mass is 138 g/mol. The average Bonchev–Trinajstić information content (AvgIpc) is 1.87. The first-order chi connectivity index (χ1) is 4.59. The Kier molecular flexibility index (Phi) is 3.55. The van der Waals surface area contributed by atoms with Gasteiger partial charge >= 0.3 is 0 Å². The van der Waals surface area contributed by atoms with Gasteiger partial charge in [0.2, 0.25) is 0 Å². The lowest BCUT2D eigenvalue weighted by Gasteiger charge is -1.99. The zero-order chi connectivity index (χ0) is 8.15. The molecular weight excluding hydrogens is 124 g/mol. The predicted molar refractivity (Wildman–Crippen MR) is 45.0 cm³/mol. The molecule has 0 atom stereocenters. The molecule has 1 heteroatoms. The van der Waals surface area contributed by atoms with E-state index in [1.807, 2.05) is 26.0 Å². The topological polar surface area (TPSA) is 20.2 Å². The van der Waals surface area contributed by atoms with Crippen molar-refractivity contribution in [3.8, 4) is 0 Å². The third-order valence-electron chi connectivity index (χ3n) is 1.19. The maximum absolute atomic E-state index is 9.25. The summed E-state index contributed by atoms with van der Waals surface area (Å²) in [5.41, 5.74) is 1.56. The molecule has 0 aliphatic rings. The lowest BCUT2D eigenvalue weighted by Crippen LogP contribution is -1.84. The van der Waals surface area contributed by atoms with E-state index in [0.717, 1.165) is 5.57 Å². The van der Waals surface area contributed by atoms with E-state index < -0.39 is 0 Å². The molecule has 0 radical (unpaired) electrons. The zero-order valence-electron chi connectivity index (χ0n) is 6.81. The van der Waals surface area contributed by atoms with E-state index >= 15 is 0 Å². The maximum atomic E-state index is 9.25. The molecule has 1 nitrogen and oxygen atoms in total. The second-order valence-corrected chi connectivity index (χ2v) is 2.31. The zero-order valence-corrected chi connectivity index (χ0v) is 6.81. The standard InChI is InChI=1S/C9H14O/c1-5-6-8(4)9(10)7(2)3/h5-6,10H,2H2,1,3-4H3/b6-5-,9-8+. The molecule has 0 aliphatic heterocycles. The minimum Gasteiger partial charge on any atom is -0.507 e. The molecule has 0 saturated carbocycles. The van der Waals surface area contributed by atoms with Gasteiger partial charge in [0.05, 0.1) is 0 Å². The molecule has 0 unspecified atom stereocenters. The van der Waals surface area contributed by atoms with Gasteiger partial charge < -0.3 is 5.11 Å². The van der Waals surface area contributed by atoms with Gasteiger partial charge in [-0.25, -0.2) is 0 Å². The van der Waals surface area contributed by atoms with Crippen LogP contribution in [0, 0.1) is 0 Å². The first-order valence-electron chi connectivity index (χ1n) is 3.28. The average molecular weight is 138 g/mol. The van der Waals surface area contributed by atoms with Crippen molar-refractivity contribution in [3.63, 3.8) is 0 Å². The van der Waals surface area contributed by atoms with Crippen LogP contribution >= 0.6 is 0 Å². The normalized spacial score (nSPS) is 13.5. The van der Waals surface area contributed by atoms with Crippen LogP contribution in [0.25, 0.3) is 0 Å². The van der Waals surface area contributed by atoms with Gasteiger partial charge in [-0.1, -0.05) is 18.7 Å². The van der Waals surface area contributed by atoms with Crippen molar-refractivity contribution in [1.29, 1.82) is 0 Å². The summed E-state index contributed by atoms with van der Waals surface area (Å²) < 4.78 is 0. The highest BCUT2D eigenvalue weighted by molar-refractivity contribution is 5.30. The molecule has 0 aromatic rings. The molecule has 0 aliphatic carbocycles. The third-order valence-corrected chi connectivity index (χ3v) is 1.19. The third kappa shape index (κ3) is 2.53. The first-order valence-corrected chi connectivity index (χ1v) is 3.28. The number of hydrogen-bond acceptors (Lipinski definition) is 1. The number of allylic oxidation sites excluding steroid dienone is 4. The SMILES string of the molecule is C=C(C)/C(O)=C(C)\C=C/C. The number of hydrogen-bond donors (Lipinski definition) is 1. The Hall–Kier alpha value is -0.980. The molecule has 0 aromatic heterocycles. The van der Waals surface area contributed by atoms with Gasteiger partial charge in [0.15, 0.2) is 0 Å². The van der Waals surface area contributed by atoms with E-state index in [1.54, 1.807) is 6.92 Å². The summed E-state index contributed by atoms with van der Waals surface area (Å²) in [6.07, 6.45) is 3.73. The quantitative estimate of drug-likeness (QED) is 0.459. The summed E-state index contributed by atoms with van der Waals surface area (Å²) in [6, 6.07) is 0. The van der Waals surface area contributed by atoms with Crippen molar-refractivity contribution in [2.45, 2.75) is 20.8 Å². The fourth-order valence-electron chi connectivity index (χ4n) is 0.666. The van der Waals surface area contributed by atoms with Crippen LogP contribution in [0.15, 0.2) is 35.6 Å². The highest BCUT2D eigenvalue weighted by atomic mass is 16.3. The Balaban J connectivity index is 4.50. The van der Waals surface area contributed by atoms with E-state index in [-0.39, 0.29) is 5.76 Å². The van der Waals surface area contributed by atoms with E-state index in [1.165, 1.54) is 0 Å². The Morgan fingerprint density at radius 1 is 1.40 bits per heavy atom. The van der Waals surface area contributed by atoms with E-state index in [0.29, 0.717) is 5.57 Å². The molecule has 0 amide bonds. The number of aliphatic hydroxyl groups excluding tert-OH is 1. The molecule has 0 aromatic carbocycles. The van der Waals surface area contributed by atoms with Crippen LogP contribution in [-0.2, 0) is 0 Å². The Labute approximate surface area is 62.4 Å². The Morgan fingerprint density at radius 2 is 1.90 bits per heavy atom. The maximum Gasteiger partial charge on any atom is 0.120 e. The van der Waals surface area contributed by atoms with Crippen LogP contribution in [0.2, 0.25) is 0 Å². The van der Waals surface area contributed by atoms with E-state index in [9.17, 15) is 5.11 Å². The van der Waals surface area contributed by atoms with Gasteiger partial charge in [0.1, 0.15) is 5.76 Å². The second kappa shape index (κ2) is 3.94. The summed E-state index contributed by atoms with van der Waals surface area (Å²) in [4.78, 5) is 0. The van der Waals surface area contributed by atoms with Gasteiger partial charge in [-0.05, 0) is 31.9 Å². The van der Waals surface area contributed by atoms with Crippen LogP contribution < -0.4 is 0 Å². The molecule has 0 heterocycles. The second-order valence-electron chi connectivity index (χ2n) is 2.31. The van der Waals surface area contributed by atoms with Gasteiger partial charge in [0.25, 0.3) is 0 Å². The summed E-state index contributed by atoms with van der Waals surface area (Å²) >= 11 is 0. The molecule has 0 bridgehead atoms. The smallest absolute Gasteiger partial charge is 0.120 e. The van der Waals surface area contributed by atoms with E-state index in [2.05, 4.69) is 6.58 Å². The van der Waals surface area contributed by atoms with E-state index in [4.69, 9.17) is 0 Å². The van der Waals surface area contributed by atoms with Crippen LogP contribution in [0.5, 0.6) is 0 Å². The summed E-state index contributed by atoms with van der Waals surface area (Å²) in [7, 11) is 0. The highest BCUT2D eigenvalue weighted by Crippen LogP contribution is 2.09. The van der Waals surface area contributed by atoms with Crippen LogP contribution in [0.3, 0.4) is 0 Å². The molecule has 0 fully saturated rings. The molecule has 0 rings (SSSR count). The molecule has 10 heavy (non-hydrogen) atoms. The van der Waals surface area contributed by atoms with Crippen molar-refractivity contribution in [1.82, 2.24) is 0 Å². The van der Waals surface area contributed by atoms with Crippen molar-refractivity contribution in [3.05, 3.63) is 35.6 Å².